The number of thiophene rings is 1. The molecule has 3 aromatic heterocycles. The summed E-state index contributed by atoms with van der Waals surface area (Å²) < 4.78 is 1.88. The van der Waals surface area contributed by atoms with Crippen molar-refractivity contribution in [1.29, 1.82) is 0 Å². The highest BCUT2D eigenvalue weighted by Crippen LogP contribution is 2.26. The quantitative estimate of drug-likeness (QED) is 0.751. The average Bonchev–Trinajstić information content (AvgIpc) is 2.99. The fourth-order valence-corrected chi connectivity index (χ4v) is 2.89. The number of hydrogen-bond acceptors (Lipinski definition) is 5. The maximum Gasteiger partial charge on any atom is 0.225 e. The van der Waals surface area contributed by atoms with Crippen LogP contribution < -0.4 is 5.32 Å². The molecule has 98 valence electrons. The molecular formula is C12H12ClN5S. The molecular weight excluding hydrogens is 282 g/mol. The van der Waals surface area contributed by atoms with E-state index >= 15 is 0 Å². The van der Waals surface area contributed by atoms with Crippen molar-refractivity contribution in [3.8, 4) is 0 Å². The van der Waals surface area contributed by atoms with E-state index in [9.17, 15) is 0 Å². The Bertz CT molecular complexity index is 679. The molecule has 0 aliphatic carbocycles. The maximum absolute atomic E-state index is 5.93. The van der Waals surface area contributed by atoms with Gasteiger partial charge in [0.2, 0.25) is 5.28 Å². The fraction of sp³-hybridized carbons (Fsp3) is 0.250. The summed E-state index contributed by atoms with van der Waals surface area (Å²) in [4.78, 5) is 9.35. The molecule has 5 nitrogen and oxygen atoms in total. The summed E-state index contributed by atoms with van der Waals surface area (Å²) in [5, 5.41) is 10.8. The molecule has 1 N–H and O–H groups in total. The van der Waals surface area contributed by atoms with Gasteiger partial charge >= 0.3 is 0 Å². The summed E-state index contributed by atoms with van der Waals surface area (Å²) in [7, 11) is 0. The summed E-state index contributed by atoms with van der Waals surface area (Å²) in [5.74, 6) is 0.774. The molecule has 3 aromatic rings. The highest BCUT2D eigenvalue weighted by molar-refractivity contribution is 7.16. The van der Waals surface area contributed by atoms with Crippen LogP contribution in [0.3, 0.4) is 0 Å². The number of halogens is 1. The highest BCUT2D eigenvalue weighted by atomic mass is 35.5. The third kappa shape index (κ3) is 2.69. The van der Waals surface area contributed by atoms with Crippen LogP contribution in [0.25, 0.3) is 10.2 Å². The molecule has 0 amide bonds. The minimum atomic E-state index is 0.189. The van der Waals surface area contributed by atoms with E-state index in [1.54, 1.807) is 17.5 Å². The number of nitrogens with one attached hydrogen (secondary N) is 1. The van der Waals surface area contributed by atoms with Crippen molar-refractivity contribution >= 4 is 39.0 Å². The molecule has 3 heterocycles. The first-order valence-corrected chi connectivity index (χ1v) is 7.13. The Hall–Kier alpha value is -1.66. The molecule has 0 spiro atoms. The summed E-state index contributed by atoms with van der Waals surface area (Å²) in [6.07, 6.45) is 3.71. The van der Waals surface area contributed by atoms with Gasteiger partial charge in [0.05, 0.1) is 11.9 Å². The van der Waals surface area contributed by atoms with Gasteiger partial charge in [-0.3, -0.25) is 4.68 Å². The Labute approximate surface area is 119 Å². The number of rotatable bonds is 4. The van der Waals surface area contributed by atoms with Crippen molar-refractivity contribution in [2.24, 2.45) is 0 Å². The zero-order valence-corrected chi connectivity index (χ0v) is 11.8. The van der Waals surface area contributed by atoms with E-state index < -0.39 is 0 Å². The largest absolute Gasteiger partial charge is 0.365 e. The predicted molar refractivity (Wildman–Crippen MR) is 77.7 cm³/mol. The molecule has 3 rings (SSSR count). The van der Waals surface area contributed by atoms with Crippen LogP contribution in [-0.2, 0) is 6.54 Å². The molecule has 0 aliphatic heterocycles. The Balaban J connectivity index is 1.82. The second-order valence-corrected chi connectivity index (χ2v) is 5.49. The number of aromatic nitrogens is 4. The number of hydrogen-bond donors (Lipinski definition) is 1. The van der Waals surface area contributed by atoms with Crippen LogP contribution in [0.2, 0.25) is 5.28 Å². The molecule has 1 atom stereocenters. The van der Waals surface area contributed by atoms with Crippen LogP contribution in [0.4, 0.5) is 5.82 Å². The first-order valence-electron chi connectivity index (χ1n) is 5.87. The molecule has 0 aliphatic rings. The van der Waals surface area contributed by atoms with Gasteiger partial charge in [-0.25, -0.2) is 9.97 Å². The van der Waals surface area contributed by atoms with Crippen molar-refractivity contribution in [3.63, 3.8) is 0 Å². The number of nitrogens with zero attached hydrogens (tertiary/aromatic N) is 4. The minimum absolute atomic E-state index is 0.189. The Kier molecular flexibility index (Phi) is 3.35. The van der Waals surface area contributed by atoms with E-state index in [-0.39, 0.29) is 11.3 Å². The van der Waals surface area contributed by atoms with E-state index in [2.05, 4.69) is 27.3 Å². The van der Waals surface area contributed by atoms with Gasteiger partial charge in [-0.1, -0.05) is 0 Å². The lowest BCUT2D eigenvalue weighted by Gasteiger charge is -2.15. The first kappa shape index (κ1) is 12.4. The van der Waals surface area contributed by atoms with E-state index in [0.29, 0.717) is 0 Å². The zero-order chi connectivity index (χ0) is 13.2. The smallest absolute Gasteiger partial charge is 0.225 e. The third-order valence-electron chi connectivity index (χ3n) is 2.70. The molecule has 0 fully saturated rings. The van der Waals surface area contributed by atoms with E-state index in [1.165, 1.54) is 0 Å². The molecule has 0 saturated carbocycles. The topological polar surface area (TPSA) is 55.6 Å². The third-order valence-corrected chi connectivity index (χ3v) is 3.68. The number of anilines is 1. The lowest BCUT2D eigenvalue weighted by Crippen LogP contribution is -2.23. The molecule has 0 aromatic carbocycles. The van der Waals surface area contributed by atoms with Gasteiger partial charge in [0.15, 0.2) is 0 Å². The molecule has 0 saturated heterocycles. The van der Waals surface area contributed by atoms with Crippen LogP contribution in [0, 0.1) is 0 Å². The van der Waals surface area contributed by atoms with Crippen molar-refractivity contribution in [2.75, 3.05) is 5.32 Å². The monoisotopic (exact) mass is 293 g/mol. The van der Waals surface area contributed by atoms with Crippen LogP contribution in [0.5, 0.6) is 0 Å². The van der Waals surface area contributed by atoms with Gasteiger partial charge in [-0.05, 0) is 36.0 Å². The summed E-state index contributed by atoms with van der Waals surface area (Å²) in [6, 6.07) is 4.10. The molecule has 0 radical (unpaired) electrons. The summed E-state index contributed by atoms with van der Waals surface area (Å²) >= 11 is 7.49. The van der Waals surface area contributed by atoms with Crippen molar-refractivity contribution in [3.05, 3.63) is 35.2 Å². The van der Waals surface area contributed by atoms with Crippen molar-refractivity contribution in [1.82, 2.24) is 19.7 Å². The molecule has 1 unspecified atom stereocenters. The zero-order valence-electron chi connectivity index (χ0n) is 10.2. The average molecular weight is 294 g/mol. The standard InChI is InChI=1S/C12H12ClN5S/c1-8(7-18-5-2-4-14-18)15-10-9-3-6-19-11(9)17-12(13)16-10/h2-6,8H,7H2,1H3,(H,15,16,17). The van der Waals surface area contributed by atoms with Crippen molar-refractivity contribution < 1.29 is 0 Å². The lowest BCUT2D eigenvalue weighted by atomic mass is 10.3. The van der Waals surface area contributed by atoms with E-state index in [1.807, 2.05) is 28.4 Å². The van der Waals surface area contributed by atoms with E-state index in [4.69, 9.17) is 11.6 Å². The van der Waals surface area contributed by atoms with Gasteiger partial charge in [0, 0.05) is 18.4 Å². The Morgan fingerprint density at radius 3 is 3.16 bits per heavy atom. The molecule has 7 heteroatoms. The van der Waals surface area contributed by atoms with Crippen LogP contribution in [-0.4, -0.2) is 25.8 Å². The Morgan fingerprint density at radius 1 is 1.47 bits per heavy atom. The normalized spacial score (nSPS) is 12.7. The second-order valence-electron chi connectivity index (χ2n) is 4.25. The summed E-state index contributed by atoms with van der Waals surface area (Å²) in [5.41, 5.74) is 0. The van der Waals surface area contributed by atoms with Crippen LogP contribution >= 0.6 is 22.9 Å². The molecule has 19 heavy (non-hydrogen) atoms. The highest BCUT2D eigenvalue weighted by Gasteiger charge is 2.10. The minimum Gasteiger partial charge on any atom is -0.365 e. The predicted octanol–water partition coefficient (Wildman–Crippen LogP) is 3.04. The van der Waals surface area contributed by atoms with Gasteiger partial charge < -0.3 is 5.32 Å². The lowest BCUT2D eigenvalue weighted by molar-refractivity contribution is 0.560. The van der Waals surface area contributed by atoms with Crippen molar-refractivity contribution in [2.45, 2.75) is 19.5 Å². The van der Waals surface area contributed by atoms with Crippen LogP contribution in [0.1, 0.15) is 6.92 Å². The SMILES string of the molecule is CC(Cn1cccn1)Nc1nc(Cl)nc2sccc12. The van der Waals surface area contributed by atoms with E-state index in [0.717, 1.165) is 22.6 Å². The second kappa shape index (κ2) is 5.14. The van der Waals surface area contributed by atoms with Gasteiger partial charge in [0.1, 0.15) is 10.6 Å². The first-order chi connectivity index (χ1) is 9.22. The number of fused-ring (bicyclic) bond motifs is 1. The van der Waals surface area contributed by atoms with Gasteiger partial charge in [-0.15, -0.1) is 11.3 Å². The summed E-state index contributed by atoms with van der Waals surface area (Å²) in [6.45, 7) is 2.84. The maximum atomic E-state index is 5.93. The molecule has 0 bridgehead atoms. The van der Waals surface area contributed by atoms with Gasteiger partial charge in [-0.2, -0.15) is 5.10 Å². The fourth-order valence-electron chi connectivity index (χ4n) is 1.91. The van der Waals surface area contributed by atoms with Crippen LogP contribution in [0.15, 0.2) is 29.9 Å². The van der Waals surface area contributed by atoms with Gasteiger partial charge in [0.25, 0.3) is 0 Å². The Morgan fingerprint density at radius 2 is 2.37 bits per heavy atom.